The summed E-state index contributed by atoms with van der Waals surface area (Å²) >= 11 is 0. The predicted molar refractivity (Wildman–Crippen MR) is 62.5 cm³/mol. The fraction of sp³-hybridized carbons (Fsp3) is 0.500. The molecule has 1 aromatic rings. The van der Waals surface area contributed by atoms with E-state index in [1.165, 1.54) is 24.3 Å². The molecule has 0 fully saturated rings. The van der Waals surface area contributed by atoms with Gasteiger partial charge in [0.05, 0.1) is 0 Å². The van der Waals surface area contributed by atoms with Gasteiger partial charge in [-0.3, -0.25) is 5.32 Å². The molecular formula is C12H17F3N2. The summed E-state index contributed by atoms with van der Waals surface area (Å²) in [4.78, 5) is 0. The Bertz CT molecular complexity index is 363. The molecule has 0 heterocycles. The third-order valence-corrected chi connectivity index (χ3v) is 2.17. The van der Waals surface area contributed by atoms with Crippen LogP contribution in [0.3, 0.4) is 0 Å². The van der Waals surface area contributed by atoms with E-state index < -0.39 is 17.8 Å². The van der Waals surface area contributed by atoms with Crippen molar-refractivity contribution in [2.24, 2.45) is 0 Å². The summed E-state index contributed by atoms with van der Waals surface area (Å²) in [6.07, 6.45) is -4.33. The van der Waals surface area contributed by atoms with E-state index in [0.29, 0.717) is 5.69 Å². The minimum Gasteiger partial charge on any atom is -0.399 e. The zero-order valence-corrected chi connectivity index (χ0v) is 10.1. The van der Waals surface area contributed by atoms with Crippen LogP contribution in [-0.4, -0.2) is 11.7 Å². The van der Waals surface area contributed by atoms with Crippen LogP contribution in [0.2, 0.25) is 0 Å². The summed E-state index contributed by atoms with van der Waals surface area (Å²) in [6.45, 7) is 5.09. The van der Waals surface area contributed by atoms with Gasteiger partial charge in [-0.1, -0.05) is 12.1 Å². The van der Waals surface area contributed by atoms with Crippen molar-refractivity contribution in [2.45, 2.75) is 38.5 Å². The molecule has 0 aliphatic carbocycles. The number of nitrogens with one attached hydrogen (secondary N) is 1. The van der Waals surface area contributed by atoms with Gasteiger partial charge in [0.2, 0.25) is 0 Å². The zero-order chi connectivity index (χ0) is 13.3. The second-order valence-electron chi connectivity index (χ2n) is 5.04. The van der Waals surface area contributed by atoms with Gasteiger partial charge in [-0.15, -0.1) is 0 Å². The third kappa shape index (κ3) is 4.26. The maximum absolute atomic E-state index is 12.9. The minimum atomic E-state index is -4.33. The number of halogens is 3. The second kappa shape index (κ2) is 4.56. The van der Waals surface area contributed by atoms with Gasteiger partial charge < -0.3 is 5.73 Å². The summed E-state index contributed by atoms with van der Waals surface area (Å²) in [7, 11) is 0. The van der Waals surface area contributed by atoms with E-state index in [1.807, 2.05) is 0 Å². The van der Waals surface area contributed by atoms with Crippen LogP contribution < -0.4 is 11.1 Å². The molecular weight excluding hydrogens is 229 g/mol. The maximum atomic E-state index is 12.9. The summed E-state index contributed by atoms with van der Waals surface area (Å²) in [5, 5.41) is 2.57. The zero-order valence-electron chi connectivity index (χ0n) is 10.1. The molecule has 0 radical (unpaired) electrons. The Labute approximate surface area is 99.0 Å². The maximum Gasteiger partial charge on any atom is 0.407 e. The van der Waals surface area contributed by atoms with Crippen molar-refractivity contribution >= 4 is 5.69 Å². The molecule has 0 aliphatic rings. The van der Waals surface area contributed by atoms with Crippen LogP contribution >= 0.6 is 0 Å². The topological polar surface area (TPSA) is 38.0 Å². The molecule has 0 aliphatic heterocycles. The molecule has 0 spiro atoms. The molecule has 0 saturated heterocycles. The van der Waals surface area contributed by atoms with Crippen LogP contribution in [0.1, 0.15) is 32.4 Å². The highest BCUT2D eigenvalue weighted by Gasteiger charge is 2.42. The molecule has 1 rings (SSSR count). The van der Waals surface area contributed by atoms with E-state index in [2.05, 4.69) is 5.32 Å². The molecule has 0 amide bonds. The molecule has 0 aromatic heterocycles. The Balaban J connectivity index is 3.03. The molecule has 1 aromatic carbocycles. The van der Waals surface area contributed by atoms with Crippen LogP contribution in [0.25, 0.3) is 0 Å². The molecule has 5 heteroatoms. The van der Waals surface area contributed by atoms with Crippen molar-refractivity contribution in [2.75, 3.05) is 5.73 Å². The number of benzene rings is 1. The summed E-state index contributed by atoms with van der Waals surface area (Å²) in [6, 6.07) is 4.05. The molecule has 1 unspecified atom stereocenters. The fourth-order valence-electron chi connectivity index (χ4n) is 1.48. The molecule has 2 nitrogen and oxygen atoms in total. The first-order valence-electron chi connectivity index (χ1n) is 5.29. The lowest BCUT2D eigenvalue weighted by Crippen LogP contribution is -2.45. The lowest BCUT2D eigenvalue weighted by Gasteiger charge is -2.30. The Hall–Kier alpha value is -1.23. The summed E-state index contributed by atoms with van der Waals surface area (Å²) in [5.74, 6) is 0. The van der Waals surface area contributed by atoms with Crippen LogP contribution in [0.5, 0.6) is 0 Å². The molecule has 1 atom stereocenters. The number of nitrogens with two attached hydrogens (primary N) is 1. The van der Waals surface area contributed by atoms with Gasteiger partial charge in [0.1, 0.15) is 6.04 Å². The highest BCUT2D eigenvalue weighted by molar-refractivity contribution is 5.40. The standard InChI is InChI=1S/C12H17F3N2/c1-11(2,3)17-10(12(13,14)15)8-4-6-9(16)7-5-8/h4-7,10,17H,16H2,1-3H3. The van der Waals surface area contributed by atoms with Crippen molar-refractivity contribution < 1.29 is 13.2 Å². The van der Waals surface area contributed by atoms with Gasteiger partial charge in [-0.05, 0) is 38.5 Å². The van der Waals surface area contributed by atoms with E-state index in [4.69, 9.17) is 5.73 Å². The number of anilines is 1. The lowest BCUT2D eigenvalue weighted by atomic mass is 10.0. The number of rotatable bonds is 2. The second-order valence-corrected chi connectivity index (χ2v) is 5.04. The van der Waals surface area contributed by atoms with E-state index in [-0.39, 0.29) is 5.56 Å². The number of nitrogen functional groups attached to an aromatic ring is 1. The molecule has 3 N–H and O–H groups in total. The Morgan fingerprint density at radius 1 is 1.06 bits per heavy atom. The quantitative estimate of drug-likeness (QED) is 0.786. The lowest BCUT2D eigenvalue weighted by molar-refractivity contribution is -0.161. The minimum absolute atomic E-state index is 0.168. The average Bonchev–Trinajstić information content (AvgIpc) is 2.13. The fourth-order valence-corrected chi connectivity index (χ4v) is 1.48. The van der Waals surface area contributed by atoms with Crippen molar-refractivity contribution in [3.05, 3.63) is 29.8 Å². The first-order valence-corrected chi connectivity index (χ1v) is 5.29. The smallest absolute Gasteiger partial charge is 0.399 e. The van der Waals surface area contributed by atoms with Gasteiger partial charge in [0.15, 0.2) is 0 Å². The van der Waals surface area contributed by atoms with Gasteiger partial charge in [-0.25, -0.2) is 0 Å². The van der Waals surface area contributed by atoms with E-state index in [1.54, 1.807) is 20.8 Å². The third-order valence-electron chi connectivity index (χ3n) is 2.17. The highest BCUT2D eigenvalue weighted by Crippen LogP contribution is 2.34. The summed E-state index contributed by atoms with van der Waals surface area (Å²) in [5.41, 5.74) is 5.46. The van der Waals surface area contributed by atoms with Crippen molar-refractivity contribution in [1.29, 1.82) is 0 Å². The Kier molecular flexibility index (Phi) is 3.71. The Morgan fingerprint density at radius 3 is 1.88 bits per heavy atom. The number of alkyl halides is 3. The van der Waals surface area contributed by atoms with Crippen LogP contribution in [0.4, 0.5) is 18.9 Å². The van der Waals surface area contributed by atoms with Crippen molar-refractivity contribution in [1.82, 2.24) is 5.32 Å². The number of hydrogen-bond acceptors (Lipinski definition) is 2. The van der Waals surface area contributed by atoms with Gasteiger partial charge in [0.25, 0.3) is 0 Å². The van der Waals surface area contributed by atoms with Gasteiger partial charge >= 0.3 is 6.18 Å². The van der Waals surface area contributed by atoms with Crippen molar-refractivity contribution in [3.63, 3.8) is 0 Å². The summed E-state index contributed by atoms with van der Waals surface area (Å²) < 4.78 is 38.8. The first-order chi connectivity index (χ1) is 7.59. The van der Waals surface area contributed by atoms with Gasteiger partial charge in [0, 0.05) is 11.2 Å². The molecule has 96 valence electrons. The van der Waals surface area contributed by atoms with Crippen molar-refractivity contribution in [3.8, 4) is 0 Å². The van der Waals surface area contributed by atoms with E-state index in [0.717, 1.165) is 0 Å². The normalized spacial score (nSPS) is 14.7. The van der Waals surface area contributed by atoms with E-state index in [9.17, 15) is 13.2 Å². The SMILES string of the molecule is CC(C)(C)NC(c1ccc(N)cc1)C(F)(F)F. The molecule has 17 heavy (non-hydrogen) atoms. The van der Waals surface area contributed by atoms with Gasteiger partial charge in [-0.2, -0.15) is 13.2 Å². The average molecular weight is 246 g/mol. The first kappa shape index (κ1) is 13.8. The van der Waals surface area contributed by atoms with E-state index >= 15 is 0 Å². The number of hydrogen-bond donors (Lipinski definition) is 2. The van der Waals surface area contributed by atoms with Crippen LogP contribution in [-0.2, 0) is 0 Å². The largest absolute Gasteiger partial charge is 0.407 e. The highest BCUT2D eigenvalue weighted by atomic mass is 19.4. The van der Waals surface area contributed by atoms with Crippen LogP contribution in [0.15, 0.2) is 24.3 Å². The molecule has 0 bridgehead atoms. The Morgan fingerprint density at radius 2 is 1.53 bits per heavy atom. The monoisotopic (exact) mass is 246 g/mol. The molecule has 0 saturated carbocycles. The van der Waals surface area contributed by atoms with Crippen LogP contribution in [0, 0.1) is 0 Å². The predicted octanol–water partition coefficient (Wildman–Crippen LogP) is 3.26.